The van der Waals surface area contributed by atoms with Crippen molar-refractivity contribution in [1.29, 1.82) is 0 Å². The summed E-state index contributed by atoms with van der Waals surface area (Å²) >= 11 is 0. The first-order valence-electron chi connectivity index (χ1n) is 13.2. The molecule has 4 heteroatoms. The first-order chi connectivity index (χ1) is 15.2. The molecule has 1 aromatic carbocycles. The third-order valence-electron chi connectivity index (χ3n) is 8.33. The van der Waals surface area contributed by atoms with E-state index >= 15 is 0 Å². The third-order valence-corrected chi connectivity index (χ3v) is 8.33. The molecule has 2 aliphatic heterocycles. The van der Waals surface area contributed by atoms with Crippen molar-refractivity contribution in [3.63, 3.8) is 0 Å². The Labute approximate surface area is 197 Å². The van der Waals surface area contributed by atoms with Crippen LogP contribution in [0.2, 0.25) is 0 Å². The van der Waals surface area contributed by atoms with Gasteiger partial charge in [0, 0.05) is 45.0 Å². The summed E-state index contributed by atoms with van der Waals surface area (Å²) in [6, 6.07) is 4.89. The van der Waals surface area contributed by atoms with Gasteiger partial charge in [0.1, 0.15) is 12.4 Å². The van der Waals surface area contributed by atoms with Gasteiger partial charge in [-0.25, -0.2) is 0 Å². The van der Waals surface area contributed by atoms with Gasteiger partial charge in [0.2, 0.25) is 0 Å². The number of hydrogen-bond donors (Lipinski definition) is 0. The number of likely N-dealkylation sites (N-methyl/N-ethyl adjacent to an activating group) is 1. The van der Waals surface area contributed by atoms with Crippen LogP contribution in [-0.2, 0) is 0 Å². The lowest BCUT2D eigenvalue weighted by Gasteiger charge is -2.41. The van der Waals surface area contributed by atoms with Crippen molar-refractivity contribution in [2.45, 2.75) is 72.6 Å². The van der Waals surface area contributed by atoms with Crippen molar-refractivity contribution < 1.29 is 4.74 Å². The van der Waals surface area contributed by atoms with E-state index in [4.69, 9.17) is 4.74 Å². The molecule has 0 atom stereocenters. The van der Waals surface area contributed by atoms with Crippen LogP contribution < -0.4 is 14.5 Å². The van der Waals surface area contributed by atoms with Crippen molar-refractivity contribution in [2.24, 2.45) is 17.3 Å². The van der Waals surface area contributed by atoms with Crippen molar-refractivity contribution in [3.05, 3.63) is 17.7 Å². The molecule has 2 heterocycles. The monoisotopic (exact) mass is 441 g/mol. The summed E-state index contributed by atoms with van der Waals surface area (Å²) in [5.74, 6) is 3.42. The molecule has 0 N–H and O–H groups in total. The fraction of sp³-hybridized carbons (Fsp3) is 0.786. The number of ether oxygens (including phenoxy) is 1. The van der Waals surface area contributed by atoms with Gasteiger partial charge in [-0.05, 0) is 73.4 Å². The molecule has 1 aliphatic carbocycles. The van der Waals surface area contributed by atoms with Crippen LogP contribution in [0.4, 0.5) is 11.4 Å². The number of rotatable bonds is 5. The molecule has 4 nitrogen and oxygen atoms in total. The molecule has 1 saturated heterocycles. The molecule has 0 bridgehead atoms. The molecule has 3 aliphatic rings. The van der Waals surface area contributed by atoms with Crippen LogP contribution in [0, 0.1) is 17.3 Å². The van der Waals surface area contributed by atoms with Gasteiger partial charge >= 0.3 is 0 Å². The van der Waals surface area contributed by atoms with Crippen LogP contribution in [0.25, 0.3) is 0 Å². The quantitative estimate of drug-likeness (QED) is 0.557. The minimum atomic E-state index is 0.435. The Hall–Kier alpha value is -1.42. The molecule has 0 unspecified atom stereocenters. The second-order valence-corrected chi connectivity index (χ2v) is 12.1. The van der Waals surface area contributed by atoms with E-state index in [0.717, 1.165) is 43.8 Å². The Balaban J connectivity index is 1.54. The van der Waals surface area contributed by atoms with Gasteiger partial charge in [0.25, 0.3) is 0 Å². The summed E-state index contributed by atoms with van der Waals surface area (Å²) < 4.78 is 6.14. The number of hydrogen-bond acceptors (Lipinski definition) is 4. The van der Waals surface area contributed by atoms with E-state index < -0.39 is 0 Å². The minimum absolute atomic E-state index is 0.435. The van der Waals surface area contributed by atoms with Crippen LogP contribution in [0.1, 0.15) is 78.2 Å². The SMILES string of the molecule is CC(C)CCN1CCN(c2cc3c(cc2C2CCC(C(C)(C)C)CC2)N(C)CCO3)CC1. The van der Waals surface area contributed by atoms with E-state index in [-0.39, 0.29) is 0 Å². The average molecular weight is 442 g/mol. The highest BCUT2D eigenvalue weighted by atomic mass is 16.5. The van der Waals surface area contributed by atoms with E-state index in [1.165, 1.54) is 63.1 Å². The van der Waals surface area contributed by atoms with Gasteiger partial charge < -0.3 is 14.5 Å². The van der Waals surface area contributed by atoms with Gasteiger partial charge in [-0.2, -0.15) is 0 Å². The Bertz CT molecular complexity index is 753. The van der Waals surface area contributed by atoms with Gasteiger partial charge in [0.05, 0.1) is 12.2 Å². The molecule has 0 radical (unpaired) electrons. The lowest BCUT2D eigenvalue weighted by molar-refractivity contribution is 0.169. The maximum atomic E-state index is 6.14. The topological polar surface area (TPSA) is 19.0 Å². The van der Waals surface area contributed by atoms with E-state index in [2.05, 4.69) is 68.5 Å². The van der Waals surface area contributed by atoms with Crippen molar-refractivity contribution >= 4 is 11.4 Å². The fourth-order valence-corrected chi connectivity index (χ4v) is 5.93. The lowest BCUT2D eigenvalue weighted by atomic mass is 9.68. The first kappa shape index (κ1) is 23.7. The first-order valence-corrected chi connectivity index (χ1v) is 13.2. The molecule has 1 saturated carbocycles. The normalized spacial score (nSPS) is 25.1. The van der Waals surface area contributed by atoms with Crippen LogP contribution in [0.5, 0.6) is 5.75 Å². The molecule has 4 rings (SSSR count). The number of anilines is 2. The Morgan fingerprint density at radius 3 is 2.25 bits per heavy atom. The fourth-order valence-electron chi connectivity index (χ4n) is 5.93. The standard InChI is InChI=1S/C28H47N3O/c1-21(2)11-12-30-13-15-31(16-14-30)25-20-27-26(29(6)17-18-32-27)19-24(25)22-7-9-23(10-8-22)28(3,4)5/h19-23H,7-18H2,1-6H3. The average Bonchev–Trinajstić information content (AvgIpc) is 2.77. The van der Waals surface area contributed by atoms with Gasteiger partial charge in [-0.1, -0.05) is 34.6 Å². The number of piperazine rings is 1. The smallest absolute Gasteiger partial charge is 0.144 e. The summed E-state index contributed by atoms with van der Waals surface area (Å²) in [6.07, 6.45) is 6.68. The number of benzene rings is 1. The zero-order valence-electron chi connectivity index (χ0n) is 21.6. The summed E-state index contributed by atoms with van der Waals surface area (Å²) in [5.41, 5.74) is 4.78. The Kier molecular flexibility index (Phi) is 7.29. The van der Waals surface area contributed by atoms with Crippen molar-refractivity contribution in [3.8, 4) is 5.75 Å². The van der Waals surface area contributed by atoms with Crippen molar-refractivity contribution in [2.75, 3.05) is 62.7 Å². The second kappa shape index (κ2) is 9.83. The second-order valence-electron chi connectivity index (χ2n) is 12.1. The largest absolute Gasteiger partial charge is 0.489 e. The van der Waals surface area contributed by atoms with E-state index in [0.29, 0.717) is 11.3 Å². The Morgan fingerprint density at radius 1 is 0.938 bits per heavy atom. The van der Waals surface area contributed by atoms with Crippen molar-refractivity contribution in [1.82, 2.24) is 4.90 Å². The zero-order valence-corrected chi connectivity index (χ0v) is 21.6. The van der Waals surface area contributed by atoms with Crippen LogP contribution in [-0.4, -0.2) is 57.8 Å². The highest BCUT2D eigenvalue weighted by Gasteiger charge is 2.33. The van der Waals surface area contributed by atoms with Crippen LogP contribution in [0.3, 0.4) is 0 Å². The molecule has 2 fully saturated rings. The summed E-state index contributed by atoms with van der Waals surface area (Å²) in [7, 11) is 2.22. The number of nitrogens with zero attached hydrogens (tertiary/aromatic N) is 3. The molecule has 0 spiro atoms. The van der Waals surface area contributed by atoms with E-state index in [1.54, 1.807) is 5.56 Å². The molecular formula is C28H47N3O. The van der Waals surface area contributed by atoms with Crippen LogP contribution in [0.15, 0.2) is 12.1 Å². The highest BCUT2D eigenvalue weighted by molar-refractivity contribution is 5.71. The van der Waals surface area contributed by atoms with E-state index in [9.17, 15) is 0 Å². The van der Waals surface area contributed by atoms with Gasteiger partial charge in [-0.3, -0.25) is 4.90 Å². The lowest BCUT2D eigenvalue weighted by Crippen LogP contribution is -2.47. The molecule has 32 heavy (non-hydrogen) atoms. The minimum Gasteiger partial charge on any atom is -0.489 e. The number of fused-ring (bicyclic) bond motifs is 1. The maximum absolute atomic E-state index is 6.14. The predicted molar refractivity (Wildman–Crippen MR) is 137 cm³/mol. The van der Waals surface area contributed by atoms with Gasteiger partial charge in [-0.15, -0.1) is 0 Å². The summed E-state index contributed by atoms with van der Waals surface area (Å²) in [5, 5.41) is 0. The maximum Gasteiger partial charge on any atom is 0.144 e. The zero-order chi connectivity index (χ0) is 22.9. The molecule has 1 aromatic rings. The van der Waals surface area contributed by atoms with Gasteiger partial charge in [0.15, 0.2) is 0 Å². The Morgan fingerprint density at radius 2 is 1.62 bits per heavy atom. The van der Waals surface area contributed by atoms with E-state index in [1.807, 2.05) is 0 Å². The molecular weight excluding hydrogens is 394 g/mol. The summed E-state index contributed by atoms with van der Waals surface area (Å²) in [4.78, 5) is 7.71. The van der Waals surface area contributed by atoms with Crippen LogP contribution >= 0.6 is 0 Å². The third kappa shape index (κ3) is 5.38. The predicted octanol–water partition coefficient (Wildman–Crippen LogP) is 6.00. The molecule has 0 aromatic heterocycles. The summed E-state index contributed by atoms with van der Waals surface area (Å²) in [6.45, 7) is 19.6. The highest BCUT2D eigenvalue weighted by Crippen LogP contribution is 2.48. The molecule has 0 amide bonds. The molecule has 180 valence electrons.